The first-order chi connectivity index (χ1) is 9.15. The van der Waals surface area contributed by atoms with Gasteiger partial charge in [-0.25, -0.2) is 0 Å². The van der Waals surface area contributed by atoms with E-state index in [1.807, 2.05) is 25.3 Å². The Kier molecular flexibility index (Phi) is 6.54. The lowest BCUT2D eigenvalue weighted by molar-refractivity contribution is 0.353. The molecule has 0 radical (unpaired) electrons. The van der Waals surface area contributed by atoms with Gasteiger partial charge in [-0.15, -0.1) is 11.8 Å². The number of nitrogens with one attached hydrogen (secondary N) is 1. The molecule has 0 aliphatic heterocycles. The summed E-state index contributed by atoms with van der Waals surface area (Å²) < 4.78 is 10.6. The highest BCUT2D eigenvalue weighted by Gasteiger charge is 2.10. The normalized spacial score (nSPS) is 11.7. The van der Waals surface area contributed by atoms with Crippen molar-refractivity contribution in [3.8, 4) is 17.6 Å². The molecule has 1 aromatic carbocycles. The van der Waals surface area contributed by atoms with Crippen molar-refractivity contribution in [2.75, 3.05) is 27.0 Å². The van der Waals surface area contributed by atoms with Crippen molar-refractivity contribution in [2.24, 2.45) is 5.92 Å². The molecule has 0 saturated carbocycles. The molecule has 0 aliphatic carbocycles. The molecule has 0 saturated heterocycles. The van der Waals surface area contributed by atoms with Crippen LogP contribution < -0.4 is 14.8 Å². The van der Waals surface area contributed by atoms with Gasteiger partial charge in [0, 0.05) is 18.0 Å². The third-order valence-corrected chi connectivity index (χ3v) is 3.59. The van der Waals surface area contributed by atoms with Crippen LogP contribution >= 0.6 is 11.8 Å². The van der Waals surface area contributed by atoms with E-state index in [2.05, 4.69) is 11.4 Å². The van der Waals surface area contributed by atoms with Crippen LogP contribution in [0.3, 0.4) is 0 Å². The summed E-state index contributed by atoms with van der Waals surface area (Å²) in [6, 6.07) is 6.17. The number of hydrogen-bond acceptors (Lipinski definition) is 5. The maximum Gasteiger partial charge on any atom is 0.161 e. The fourth-order valence-corrected chi connectivity index (χ4v) is 2.32. The molecule has 1 atom stereocenters. The zero-order valence-corrected chi connectivity index (χ0v) is 12.6. The van der Waals surface area contributed by atoms with Gasteiger partial charge in [-0.3, -0.25) is 0 Å². The molecule has 104 valence electrons. The number of benzene rings is 1. The second-order valence-corrected chi connectivity index (χ2v) is 5.03. The topological polar surface area (TPSA) is 54.3 Å². The first-order valence-electron chi connectivity index (χ1n) is 6.05. The Morgan fingerprint density at radius 3 is 2.47 bits per heavy atom. The van der Waals surface area contributed by atoms with Gasteiger partial charge in [-0.1, -0.05) is 0 Å². The molecule has 1 rings (SSSR count). The van der Waals surface area contributed by atoms with Crippen LogP contribution in [-0.4, -0.2) is 27.0 Å². The zero-order chi connectivity index (χ0) is 14.3. The highest BCUT2D eigenvalue weighted by Crippen LogP contribution is 2.34. The summed E-state index contributed by atoms with van der Waals surface area (Å²) in [6.07, 6.45) is 2.03. The van der Waals surface area contributed by atoms with Crippen LogP contribution in [0.25, 0.3) is 0 Å². The molecule has 1 aromatic rings. The molecule has 0 bridgehead atoms. The lowest BCUT2D eigenvalue weighted by atomic mass is 10.1. The lowest BCUT2D eigenvalue weighted by Gasteiger charge is -2.14. The molecular formula is C14H20N2O2S. The largest absolute Gasteiger partial charge is 0.493 e. The van der Waals surface area contributed by atoms with Gasteiger partial charge in [0.05, 0.1) is 26.2 Å². The molecule has 0 fully saturated rings. The minimum Gasteiger partial charge on any atom is -0.493 e. The van der Waals surface area contributed by atoms with E-state index >= 15 is 0 Å². The number of hydrogen-bond donors (Lipinski definition) is 1. The number of rotatable bonds is 7. The van der Waals surface area contributed by atoms with Gasteiger partial charge in [-0.05, 0) is 30.9 Å². The molecule has 1 unspecified atom stereocenters. The van der Waals surface area contributed by atoms with Crippen LogP contribution in [0.2, 0.25) is 0 Å². The summed E-state index contributed by atoms with van der Waals surface area (Å²) in [7, 11) is 3.26. The Morgan fingerprint density at radius 2 is 1.95 bits per heavy atom. The van der Waals surface area contributed by atoms with Gasteiger partial charge in [-0.2, -0.15) is 5.26 Å². The average Bonchev–Trinajstić information content (AvgIpc) is 2.46. The monoisotopic (exact) mass is 280 g/mol. The van der Waals surface area contributed by atoms with E-state index in [0.29, 0.717) is 13.1 Å². The van der Waals surface area contributed by atoms with Crippen LogP contribution in [0.1, 0.15) is 12.5 Å². The summed E-state index contributed by atoms with van der Waals surface area (Å²) in [5, 5.41) is 12.0. The molecule has 1 N–H and O–H groups in total. The van der Waals surface area contributed by atoms with E-state index in [9.17, 15) is 0 Å². The fourth-order valence-electron chi connectivity index (χ4n) is 1.70. The van der Waals surface area contributed by atoms with E-state index in [1.165, 1.54) is 0 Å². The second kappa shape index (κ2) is 7.93. The van der Waals surface area contributed by atoms with Crippen LogP contribution in [0, 0.1) is 17.2 Å². The van der Waals surface area contributed by atoms with Gasteiger partial charge in [0.15, 0.2) is 11.5 Å². The van der Waals surface area contributed by atoms with E-state index in [0.717, 1.165) is 22.0 Å². The van der Waals surface area contributed by atoms with E-state index in [1.54, 1.807) is 26.0 Å². The highest BCUT2D eigenvalue weighted by molar-refractivity contribution is 7.98. The Morgan fingerprint density at radius 1 is 1.32 bits per heavy atom. The van der Waals surface area contributed by atoms with Crippen molar-refractivity contribution in [3.05, 3.63) is 17.7 Å². The zero-order valence-electron chi connectivity index (χ0n) is 11.8. The smallest absolute Gasteiger partial charge is 0.161 e. The summed E-state index contributed by atoms with van der Waals surface area (Å²) in [4.78, 5) is 1.15. The van der Waals surface area contributed by atoms with E-state index in [4.69, 9.17) is 14.7 Å². The summed E-state index contributed by atoms with van der Waals surface area (Å²) in [5.74, 6) is 1.48. The third-order valence-electron chi connectivity index (χ3n) is 2.77. The predicted octanol–water partition coefficient (Wildman–Crippen LogP) is 2.67. The van der Waals surface area contributed by atoms with Crippen LogP contribution in [0.15, 0.2) is 17.0 Å². The number of ether oxygens (including phenoxy) is 2. The van der Waals surface area contributed by atoms with Gasteiger partial charge >= 0.3 is 0 Å². The Hall–Kier alpha value is -1.38. The molecule has 4 nitrogen and oxygen atoms in total. The van der Waals surface area contributed by atoms with Gasteiger partial charge in [0.2, 0.25) is 0 Å². The van der Waals surface area contributed by atoms with E-state index < -0.39 is 0 Å². The van der Waals surface area contributed by atoms with Gasteiger partial charge in [0.25, 0.3) is 0 Å². The first kappa shape index (κ1) is 15.7. The summed E-state index contributed by atoms with van der Waals surface area (Å²) >= 11 is 1.67. The molecule has 0 spiro atoms. The second-order valence-electron chi connectivity index (χ2n) is 4.18. The summed E-state index contributed by atoms with van der Waals surface area (Å²) in [6.45, 7) is 3.29. The predicted molar refractivity (Wildman–Crippen MR) is 77.8 cm³/mol. The Balaban J connectivity index is 2.84. The van der Waals surface area contributed by atoms with Gasteiger partial charge in [0.1, 0.15) is 0 Å². The first-order valence-corrected chi connectivity index (χ1v) is 7.28. The van der Waals surface area contributed by atoms with Crippen LogP contribution in [0.5, 0.6) is 11.5 Å². The van der Waals surface area contributed by atoms with Crippen molar-refractivity contribution in [1.82, 2.24) is 5.32 Å². The van der Waals surface area contributed by atoms with Crippen molar-refractivity contribution >= 4 is 11.8 Å². The number of nitriles is 1. The van der Waals surface area contributed by atoms with Crippen LogP contribution in [-0.2, 0) is 6.54 Å². The van der Waals surface area contributed by atoms with Crippen LogP contribution in [0.4, 0.5) is 0 Å². The maximum absolute atomic E-state index is 8.75. The van der Waals surface area contributed by atoms with Crippen molar-refractivity contribution in [1.29, 1.82) is 5.26 Å². The maximum atomic E-state index is 8.75. The van der Waals surface area contributed by atoms with Crippen molar-refractivity contribution in [2.45, 2.75) is 18.4 Å². The molecular weight excluding hydrogens is 260 g/mol. The molecule has 0 heterocycles. The van der Waals surface area contributed by atoms with E-state index in [-0.39, 0.29) is 5.92 Å². The fraction of sp³-hybridized carbons (Fsp3) is 0.500. The third kappa shape index (κ3) is 4.34. The van der Waals surface area contributed by atoms with Crippen molar-refractivity contribution in [3.63, 3.8) is 0 Å². The number of thioether (sulfide) groups is 1. The molecule has 0 aliphatic rings. The minimum atomic E-state index is 0.0119. The Labute approximate surface area is 119 Å². The van der Waals surface area contributed by atoms with Gasteiger partial charge < -0.3 is 14.8 Å². The number of nitrogens with zero attached hydrogens (tertiary/aromatic N) is 1. The molecule has 0 amide bonds. The lowest BCUT2D eigenvalue weighted by Crippen LogP contribution is -2.20. The minimum absolute atomic E-state index is 0.0119. The number of methoxy groups -OCH3 is 2. The SMILES string of the molecule is COc1cc(CNCC(C)C#N)c(SC)cc1OC. The molecule has 5 heteroatoms. The standard InChI is InChI=1S/C14H20N2O2S/c1-10(7-15)8-16-9-11-5-12(17-2)13(18-3)6-14(11)19-4/h5-6,10,16H,8-9H2,1-4H3. The van der Waals surface area contributed by atoms with Crippen molar-refractivity contribution < 1.29 is 9.47 Å². The molecule has 0 aromatic heterocycles. The quantitative estimate of drug-likeness (QED) is 0.778. The Bertz CT molecular complexity index is 457. The average molecular weight is 280 g/mol. The highest BCUT2D eigenvalue weighted by atomic mass is 32.2. The summed E-state index contributed by atoms with van der Waals surface area (Å²) in [5.41, 5.74) is 1.15. The molecule has 19 heavy (non-hydrogen) atoms.